The third kappa shape index (κ3) is 9.80. The van der Waals surface area contributed by atoms with Crippen molar-refractivity contribution in [2.75, 3.05) is 45.8 Å². The van der Waals surface area contributed by atoms with Crippen LogP contribution in [0.4, 0.5) is 5.69 Å². The molecular formula is C26H32ClN3O4. The fourth-order valence-corrected chi connectivity index (χ4v) is 3.10. The summed E-state index contributed by atoms with van der Waals surface area (Å²) in [6.07, 6.45) is 1.71. The van der Waals surface area contributed by atoms with Crippen LogP contribution < -0.4 is 5.32 Å². The van der Waals surface area contributed by atoms with Crippen molar-refractivity contribution < 1.29 is 19.4 Å². The van der Waals surface area contributed by atoms with Gasteiger partial charge in [0.1, 0.15) is 6.79 Å². The number of halogens is 1. The molecule has 182 valence electrons. The maximum atomic E-state index is 12.3. The average Bonchev–Trinajstić information content (AvgIpc) is 2.89. The second-order valence-corrected chi connectivity index (χ2v) is 7.55. The molecule has 0 atom stereocenters. The van der Waals surface area contributed by atoms with Gasteiger partial charge in [0.25, 0.3) is 5.91 Å². The molecule has 8 heteroatoms. The molecule has 3 aromatic rings. The Labute approximate surface area is 206 Å². The number of carbonyl (C=O) groups excluding carboxylic acids is 2. The second kappa shape index (κ2) is 16.5. The predicted molar refractivity (Wildman–Crippen MR) is 137 cm³/mol. The van der Waals surface area contributed by atoms with Gasteiger partial charge in [-0.1, -0.05) is 35.4 Å². The van der Waals surface area contributed by atoms with E-state index in [0.717, 1.165) is 50.2 Å². The lowest BCUT2D eigenvalue weighted by atomic mass is 10.1. The third-order valence-corrected chi connectivity index (χ3v) is 5.04. The summed E-state index contributed by atoms with van der Waals surface area (Å²) >= 11 is 6.25. The summed E-state index contributed by atoms with van der Waals surface area (Å²) in [7, 11) is 3.11. The molecule has 0 saturated carbocycles. The van der Waals surface area contributed by atoms with Crippen molar-refractivity contribution in [3.8, 4) is 11.3 Å². The zero-order valence-corrected chi connectivity index (χ0v) is 20.6. The first-order valence-corrected chi connectivity index (χ1v) is 11.0. The fourth-order valence-electron chi connectivity index (χ4n) is 2.88. The lowest BCUT2D eigenvalue weighted by Crippen LogP contribution is -2.32. The maximum Gasteiger partial charge on any atom is 0.255 e. The van der Waals surface area contributed by atoms with Gasteiger partial charge in [0.2, 0.25) is 0 Å². The summed E-state index contributed by atoms with van der Waals surface area (Å²) < 4.78 is 5.10. The molecule has 1 amide bonds. The summed E-state index contributed by atoms with van der Waals surface area (Å²) in [6, 6.07) is 18.4. The molecule has 1 fully saturated rings. The van der Waals surface area contributed by atoms with E-state index in [0.29, 0.717) is 16.3 Å². The van der Waals surface area contributed by atoms with Crippen molar-refractivity contribution in [3.63, 3.8) is 0 Å². The van der Waals surface area contributed by atoms with Crippen molar-refractivity contribution in [1.29, 1.82) is 0 Å². The van der Waals surface area contributed by atoms with E-state index in [4.69, 9.17) is 26.2 Å². The van der Waals surface area contributed by atoms with Gasteiger partial charge in [0.05, 0.1) is 23.9 Å². The summed E-state index contributed by atoms with van der Waals surface area (Å²) in [5, 5.41) is 10.5. The molecule has 0 bridgehead atoms. The molecule has 7 nitrogen and oxygen atoms in total. The van der Waals surface area contributed by atoms with E-state index >= 15 is 0 Å². The number of rotatable bonds is 3. The van der Waals surface area contributed by atoms with Crippen LogP contribution in [0.1, 0.15) is 15.9 Å². The predicted octanol–water partition coefficient (Wildman–Crippen LogP) is 4.33. The van der Waals surface area contributed by atoms with E-state index in [1.165, 1.54) is 0 Å². The number of benzene rings is 2. The number of aliphatic hydroxyl groups excluding tert-OH is 1. The number of hydrogen-bond acceptors (Lipinski definition) is 6. The number of aliphatic hydroxyl groups is 1. The molecular weight excluding hydrogens is 454 g/mol. The van der Waals surface area contributed by atoms with E-state index in [1.54, 1.807) is 30.5 Å². The van der Waals surface area contributed by atoms with Crippen LogP contribution in [0.2, 0.25) is 5.02 Å². The minimum absolute atomic E-state index is 0.153. The topological polar surface area (TPSA) is 91.8 Å². The summed E-state index contributed by atoms with van der Waals surface area (Å²) in [6.45, 7) is 8.01. The molecule has 1 aromatic heterocycles. The molecule has 0 unspecified atom stereocenters. The minimum Gasteiger partial charge on any atom is -0.400 e. The van der Waals surface area contributed by atoms with Crippen LogP contribution in [-0.2, 0) is 9.53 Å². The van der Waals surface area contributed by atoms with E-state index in [9.17, 15) is 4.79 Å². The molecule has 34 heavy (non-hydrogen) atoms. The first kappa shape index (κ1) is 28.9. The zero-order chi connectivity index (χ0) is 25.3. The molecule has 2 heterocycles. The molecule has 1 aliphatic heterocycles. The van der Waals surface area contributed by atoms with E-state index in [2.05, 4.69) is 22.2 Å². The Balaban J connectivity index is 0.000000441. The summed E-state index contributed by atoms with van der Waals surface area (Å²) in [5.41, 5.74) is 3.97. The Morgan fingerprint density at radius 1 is 1.06 bits per heavy atom. The highest BCUT2D eigenvalue weighted by Gasteiger charge is 2.09. The van der Waals surface area contributed by atoms with Crippen molar-refractivity contribution >= 4 is 30.0 Å². The maximum absolute atomic E-state index is 12.3. The van der Waals surface area contributed by atoms with Crippen LogP contribution in [0.15, 0.2) is 66.9 Å². The van der Waals surface area contributed by atoms with Crippen LogP contribution in [-0.4, -0.2) is 68.1 Å². The van der Waals surface area contributed by atoms with Crippen LogP contribution in [0.5, 0.6) is 0 Å². The molecule has 2 N–H and O–H groups in total. The van der Waals surface area contributed by atoms with Gasteiger partial charge in [-0.3, -0.25) is 9.78 Å². The van der Waals surface area contributed by atoms with Crippen LogP contribution in [0.25, 0.3) is 11.3 Å². The van der Waals surface area contributed by atoms with Gasteiger partial charge in [-0.15, -0.1) is 0 Å². The summed E-state index contributed by atoms with van der Waals surface area (Å²) in [5.74, 6) is -0.153. The van der Waals surface area contributed by atoms with E-state index in [1.807, 2.05) is 50.1 Å². The van der Waals surface area contributed by atoms with Gasteiger partial charge >= 0.3 is 0 Å². The van der Waals surface area contributed by atoms with Crippen molar-refractivity contribution in [2.24, 2.45) is 0 Å². The Morgan fingerprint density at radius 3 is 2.24 bits per heavy atom. The Kier molecular flexibility index (Phi) is 14.0. The highest BCUT2D eigenvalue weighted by molar-refractivity contribution is 6.33. The lowest BCUT2D eigenvalue weighted by molar-refractivity contribution is -0.0980. The largest absolute Gasteiger partial charge is 0.400 e. The summed E-state index contributed by atoms with van der Waals surface area (Å²) in [4.78, 5) is 26.9. The Morgan fingerprint density at radius 2 is 1.71 bits per heavy atom. The number of amides is 1. The monoisotopic (exact) mass is 485 g/mol. The SMILES string of the molecule is C=O.CN1CCOCC1.CO.Cc1ccc(C(=O)Nc2ccc(Cl)c(-c3ccccn3)c2)cc1. The number of aromatic nitrogens is 1. The number of likely N-dealkylation sites (N-methyl/N-ethyl adjacent to an activating group) is 1. The Hall–Kier alpha value is -3.10. The molecule has 1 saturated heterocycles. The van der Waals surface area contributed by atoms with Gasteiger partial charge in [0, 0.05) is 43.2 Å². The minimum atomic E-state index is -0.153. The van der Waals surface area contributed by atoms with E-state index < -0.39 is 0 Å². The number of hydrogen-bond donors (Lipinski definition) is 2. The number of carbonyl (C=O) groups is 2. The lowest BCUT2D eigenvalue weighted by Gasteiger charge is -2.21. The number of nitrogens with one attached hydrogen (secondary N) is 1. The van der Waals surface area contributed by atoms with Gasteiger partial charge in [-0.25, -0.2) is 0 Å². The first-order valence-electron chi connectivity index (χ1n) is 10.6. The van der Waals surface area contributed by atoms with Gasteiger partial charge in [-0.2, -0.15) is 0 Å². The van der Waals surface area contributed by atoms with Crippen molar-refractivity contribution in [2.45, 2.75) is 6.92 Å². The van der Waals surface area contributed by atoms with E-state index in [-0.39, 0.29) is 5.91 Å². The number of morpholine rings is 1. The van der Waals surface area contributed by atoms with Gasteiger partial charge in [-0.05, 0) is 56.4 Å². The fraction of sp³-hybridized carbons (Fsp3) is 0.269. The number of aryl methyl sites for hydroxylation is 1. The van der Waals surface area contributed by atoms with Crippen molar-refractivity contribution in [3.05, 3.63) is 83.0 Å². The number of anilines is 1. The van der Waals surface area contributed by atoms with Gasteiger partial charge in [0.15, 0.2) is 0 Å². The highest BCUT2D eigenvalue weighted by Crippen LogP contribution is 2.29. The quantitative estimate of drug-likeness (QED) is 0.573. The molecule has 0 spiro atoms. The standard InChI is InChI=1S/C19H15ClN2O.C5H11NO.CH4O.CH2O/c1-13-5-7-14(8-6-13)19(23)22-15-9-10-17(20)16(12-15)18-4-2-3-11-21-18;1-6-2-4-7-5-3-6;2*1-2/h2-12H,1H3,(H,22,23);2-5H2,1H3;2H,1H3;1H2. The molecule has 4 rings (SSSR count). The Bertz CT molecular complexity index is 979. The zero-order valence-electron chi connectivity index (χ0n) is 19.8. The molecule has 0 radical (unpaired) electrons. The molecule has 2 aromatic carbocycles. The number of ether oxygens (including phenoxy) is 1. The highest BCUT2D eigenvalue weighted by atomic mass is 35.5. The van der Waals surface area contributed by atoms with Crippen molar-refractivity contribution in [1.82, 2.24) is 9.88 Å². The number of pyridine rings is 1. The smallest absolute Gasteiger partial charge is 0.255 e. The average molecular weight is 486 g/mol. The third-order valence-electron chi connectivity index (χ3n) is 4.71. The number of nitrogens with zero attached hydrogens (tertiary/aromatic N) is 2. The van der Waals surface area contributed by atoms with Gasteiger partial charge < -0.3 is 24.9 Å². The second-order valence-electron chi connectivity index (χ2n) is 7.15. The van der Waals surface area contributed by atoms with Crippen LogP contribution in [0.3, 0.4) is 0 Å². The first-order chi connectivity index (χ1) is 16.5. The van der Waals surface area contributed by atoms with Crippen LogP contribution >= 0.6 is 11.6 Å². The molecule has 1 aliphatic rings. The van der Waals surface area contributed by atoms with Crippen LogP contribution in [0, 0.1) is 6.92 Å². The normalized spacial score (nSPS) is 12.5. The molecule has 0 aliphatic carbocycles.